The van der Waals surface area contributed by atoms with Crippen molar-refractivity contribution >= 4 is 17.8 Å². The van der Waals surface area contributed by atoms with Gasteiger partial charge in [0, 0.05) is 6.20 Å². The van der Waals surface area contributed by atoms with Gasteiger partial charge in [0.15, 0.2) is 0 Å². The molecule has 0 aliphatic heterocycles. The SMILES string of the molecule is CCOC(=O)/C(=C/Nc1cccc(C)c1OC)CC.O=C=O. The predicted octanol–water partition coefficient (Wildman–Crippen LogP) is 2.69. The summed E-state index contributed by atoms with van der Waals surface area (Å²) in [5.41, 5.74) is 2.47. The Hall–Kier alpha value is -2.59. The normalized spacial score (nSPS) is 9.91. The fraction of sp³-hybridized carbons (Fsp3) is 0.375. The van der Waals surface area contributed by atoms with Gasteiger partial charge in [-0.2, -0.15) is 9.59 Å². The lowest BCUT2D eigenvalue weighted by Gasteiger charge is -2.11. The first-order valence-corrected chi connectivity index (χ1v) is 6.81. The van der Waals surface area contributed by atoms with Crippen LogP contribution in [0.3, 0.4) is 0 Å². The summed E-state index contributed by atoms with van der Waals surface area (Å²) in [6.07, 6.45) is 2.54. The molecule has 1 aromatic carbocycles. The summed E-state index contributed by atoms with van der Waals surface area (Å²) in [4.78, 5) is 27.9. The van der Waals surface area contributed by atoms with Gasteiger partial charge in [-0.3, -0.25) is 0 Å². The maximum atomic E-state index is 11.7. The highest BCUT2D eigenvalue weighted by Crippen LogP contribution is 2.28. The van der Waals surface area contributed by atoms with E-state index in [1.54, 1.807) is 20.2 Å². The number of nitrogens with one attached hydrogen (secondary N) is 1. The monoisotopic (exact) mass is 307 g/mol. The van der Waals surface area contributed by atoms with Crippen LogP contribution in [0, 0.1) is 6.92 Å². The van der Waals surface area contributed by atoms with Crippen molar-refractivity contribution in [2.24, 2.45) is 0 Å². The molecule has 0 saturated carbocycles. The van der Waals surface area contributed by atoms with Gasteiger partial charge in [-0.05, 0) is 31.9 Å². The third-order valence-corrected chi connectivity index (χ3v) is 2.74. The molecule has 6 heteroatoms. The van der Waals surface area contributed by atoms with E-state index >= 15 is 0 Å². The summed E-state index contributed by atoms with van der Waals surface area (Å²) >= 11 is 0. The van der Waals surface area contributed by atoms with E-state index < -0.39 is 0 Å². The Kier molecular flexibility index (Phi) is 9.80. The Labute approximate surface area is 130 Å². The van der Waals surface area contributed by atoms with Gasteiger partial charge in [-0.1, -0.05) is 19.1 Å². The van der Waals surface area contributed by atoms with E-state index in [0.29, 0.717) is 18.6 Å². The van der Waals surface area contributed by atoms with Crippen molar-refractivity contribution in [2.75, 3.05) is 19.0 Å². The number of carbonyl (C=O) groups excluding carboxylic acids is 3. The minimum absolute atomic E-state index is 0.250. The highest BCUT2D eigenvalue weighted by molar-refractivity contribution is 5.88. The summed E-state index contributed by atoms with van der Waals surface area (Å²) in [7, 11) is 1.63. The number of para-hydroxylation sites is 1. The van der Waals surface area contributed by atoms with Crippen molar-refractivity contribution in [3.05, 3.63) is 35.5 Å². The van der Waals surface area contributed by atoms with E-state index in [1.165, 1.54) is 0 Å². The number of aryl methyl sites for hydroxylation is 1. The van der Waals surface area contributed by atoms with Crippen LogP contribution in [0.2, 0.25) is 0 Å². The predicted molar refractivity (Wildman–Crippen MR) is 81.4 cm³/mol. The largest absolute Gasteiger partial charge is 0.494 e. The molecular formula is C16H21NO5. The van der Waals surface area contributed by atoms with Gasteiger partial charge in [-0.25, -0.2) is 4.79 Å². The van der Waals surface area contributed by atoms with Crippen LogP contribution < -0.4 is 10.1 Å². The number of benzene rings is 1. The molecule has 0 fully saturated rings. The second-order valence-electron chi connectivity index (χ2n) is 4.13. The van der Waals surface area contributed by atoms with Gasteiger partial charge < -0.3 is 14.8 Å². The molecule has 0 spiro atoms. The molecule has 0 radical (unpaired) electrons. The van der Waals surface area contributed by atoms with Crippen LogP contribution in [0.15, 0.2) is 30.0 Å². The number of carbonyl (C=O) groups is 1. The molecule has 0 heterocycles. The van der Waals surface area contributed by atoms with E-state index in [1.807, 2.05) is 32.0 Å². The van der Waals surface area contributed by atoms with Crippen LogP contribution in [-0.4, -0.2) is 25.8 Å². The molecule has 0 aliphatic rings. The quantitative estimate of drug-likeness (QED) is 0.643. The minimum Gasteiger partial charge on any atom is -0.494 e. The molecule has 0 amide bonds. The number of methoxy groups -OCH3 is 1. The average molecular weight is 307 g/mol. The fourth-order valence-corrected chi connectivity index (χ4v) is 1.73. The van der Waals surface area contributed by atoms with Gasteiger partial charge in [0.1, 0.15) is 5.75 Å². The first kappa shape index (κ1) is 19.4. The van der Waals surface area contributed by atoms with Crippen molar-refractivity contribution < 1.29 is 23.9 Å². The lowest BCUT2D eigenvalue weighted by Crippen LogP contribution is -2.09. The van der Waals surface area contributed by atoms with Crippen LogP contribution in [0.5, 0.6) is 5.75 Å². The number of ether oxygens (including phenoxy) is 2. The Bertz CT molecular complexity index is 545. The summed E-state index contributed by atoms with van der Waals surface area (Å²) in [5, 5.41) is 3.11. The van der Waals surface area contributed by atoms with E-state index in [-0.39, 0.29) is 12.1 Å². The lowest BCUT2D eigenvalue weighted by atomic mass is 10.2. The first-order chi connectivity index (χ1) is 10.5. The van der Waals surface area contributed by atoms with Crippen molar-refractivity contribution in [1.82, 2.24) is 0 Å². The van der Waals surface area contributed by atoms with Crippen LogP contribution in [0.4, 0.5) is 5.69 Å². The Morgan fingerprint density at radius 2 is 1.95 bits per heavy atom. The molecule has 0 saturated heterocycles. The summed E-state index contributed by atoms with van der Waals surface area (Å²) in [5.74, 6) is 0.488. The maximum absolute atomic E-state index is 11.7. The van der Waals surface area contributed by atoms with Crippen LogP contribution in [0.1, 0.15) is 25.8 Å². The number of anilines is 1. The Morgan fingerprint density at radius 1 is 1.32 bits per heavy atom. The van der Waals surface area contributed by atoms with Gasteiger partial charge in [0.25, 0.3) is 0 Å². The van der Waals surface area contributed by atoms with Gasteiger partial charge >= 0.3 is 12.1 Å². The van der Waals surface area contributed by atoms with Crippen molar-refractivity contribution in [3.63, 3.8) is 0 Å². The molecule has 0 aliphatic carbocycles. The Morgan fingerprint density at radius 3 is 2.45 bits per heavy atom. The first-order valence-electron chi connectivity index (χ1n) is 6.81. The summed E-state index contributed by atoms with van der Waals surface area (Å²) in [6, 6.07) is 5.81. The van der Waals surface area contributed by atoms with Crippen LogP contribution in [0.25, 0.3) is 0 Å². The van der Waals surface area contributed by atoms with Crippen LogP contribution in [-0.2, 0) is 19.1 Å². The molecule has 120 valence electrons. The molecule has 0 aromatic heterocycles. The smallest absolute Gasteiger partial charge is 0.373 e. The molecule has 6 nitrogen and oxygen atoms in total. The van der Waals surface area contributed by atoms with E-state index in [0.717, 1.165) is 17.0 Å². The van der Waals surface area contributed by atoms with Crippen molar-refractivity contribution in [1.29, 1.82) is 0 Å². The van der Waals surface area contributed by atoms with Crippen molar-refractivity contribution in [2.45, 2.75) is 27.2 Å². The molecule has 0 atom stereocenters. The van der Waals surface area contributed by atoms with Gasteiger partial charge in [-0.15, -0.1) is 0 Å². The second-order valence-corrected chi connectivity index (χ2v) is 4.13. The zero-order valence-corrected chi connectivity index (χ0v) is 13.3. The standard InChI is InChI=1S/C15H21NO3.CO2/c1-5-12(15(17)19-6-2)10-16-13-9-7-8-11(3)14(13)18-4;2-1-3/h7-10,16H,5-6H2,1-4H3;/b12-10+;. The number of esters is 1. The maximum Gasteiger partial charge on any atom is 0.373 e. The zero-order valence-electron chi connectivity index (χ0n) is 13.3. The molecule has 1 aromatic rings. The number of hydrogen-bond donors (Lipinski definition) is 1. The molecular weight excluding hydrogens is 286 g/mol. The third-order valence-electron chi connectivity index (χ3n) is 2.74. The average Bonchev–Trinajstić information content (AvgIpc) is 2.49. The molecule has 0 unspecified atom stereocenters. The topological polar surface area (TPSA) is 81.7 Å². The fourth-order valence-electron chi connectivity index (χ4n) is 1.73. The van der Waals surface area contributed by atoms with Crippen molar-refractivity contribution in [3.8, 4) is 5.75 Å². The third kappa shape index (κ3) is 6.24. The van der Waals surface area contributed by atoms with E-state index in [2.05, 4.69) is 5.32 Å². The highest BCUT2D eigenvalue weighted by atomic mass is 16.5. The summed E-state index contributed by atoms with van der Waals surface area (Å²) in [6.45, 7) is 6.06. The van der Waals surface area contributed by atoms with E-state index in [4.69, 9.17) is 19.1 Å². The van der Waals surface area contributed by atoms with Crippen LogP contribution >= 0.6 is 0 Å². The molecule has 0 bridgehead atoms. The summed E-state index contributed by atoms with van der Waals surface area (Å²) < 4.78 is 10.3. The molecule has 1 rings (SSSR count). The highest BCUT2D eigenvalue weighted by Gasteiger charge is 2.09. The molecule has 1 N–H and O–H groups in total. The molecule has 22 heavy (non-hydrogen) atoms. The second kappa shape index (κ2) is 11.1. The number of rotatable bonds is 6. The minimum atomic E-state index is -0.288. The van der Waals surface area contributed by atoms with Gasteiger partial charge in [0.2, 0.25) is 0 Å². The van der Waals surface area contributed by atoms with E-state index in [9.17, 15) is 4.79 Å². The lowest BCUT2D eigenvalue weighted by molar-refractivity contribution is -0.191. The zero-order chi connectivity index (χ0) is 17.0. The Balaban J connectivity index is 0.00000135. The number of hydrogen-bond acceptors (Lipinski definition) is 6. The van der Waals surface area contributed by atoms with Gasteiger partial charge in [0.05, 0.1) is 25.0 Å².